The lowest BCUT2D eigenvalue weighted by molar-refractivity contribution is -0.347. The van der Waals surface area contributed by atoms with E-state index >= 15 is 0 Å². The van der Waals surface area contributed by atoms with Gasteiger partial charge in [-0.15, -0.1) is 0 Å². The van der Waals surface area contributed by atoms with E-state index in [4.69, 9.17) is 0 Å². The van der Waals surface area contributed by atoms with Crippen molar-refractivity contribution in [2.24, 2.45) is 22.7 Å². The molecular formula is C32H48F6O4. The van der Waals surface area contributed by atoms with Crippen molar-refractivity contribution in [2.75, 3.05) is 0 Å². The van der Waals surface area contributed by atoms with Gasteiger partial charge in [0.25, 0.3) is 5.60 Å². The van der Waals surface area contributed by atoms with Gasteiger partial charge in [-0.1, -0.05) is 49.6 Å². The molecule has 242 valence electrons. The molecular weight excluding hydrogens is 562 g/mol. The van der Waals surface area contributed by atoms with Gasteiger partial charge in [0.2, 0.25) is 0 Å². The van der Waals surface area contributed by atoms with Crippen molar-refractivity contribution in [3.8, 4) is 0 Å². The second-order valence-corrected chi connectivity index (χ2v) is 14.2. The Labute approximate surface area is 245 Å². The molecule has 0 saturated heterocycles. The first-order valence-corrected chi connectivity index (χ1v) is 15.1. The summed E-state index contributed by atoms with van der Waals surface area (Å²) in [6.07, 6.45) is -1.06. The van der Waals surface area contributed by atoms with Gasteiger partial charge in [-0.05, 0) is 113 Å². The number of hydrogen-bond acceptors (Lipinski definition) is 4. The third kappa shape index (κ3) is 7.83. The number of aliphatic hydroxyl groups excluding tert-OH is 2. The lowest BCUT2D eigenvalue weighted by Gasteiger charge is -2.49. The van der Waals surface area contributed by atoms with Crippen LogP contribution >= 0.6 is 0 Å². The van der Waals surface area contributed by atoms with Gasteiger partial charge in [-0.3, -0.25) is 0 Å². The Balaban J connectivity index is 1.91. The van der Waals surface area contributed by atoms with Crippen molar-refractivity contribution in [3.63, 3.8) is 0 Å². The second kappa shape index (κ2) is 12.6. The van der Waals surface area contributed by atoms with Gasteiger partial charge >= 0.3 is 12.4 Å². The standard InChI is InChI=1S/C32H48F6O4/c1-27(2,41)13-6-14-28(3,15-7-17-30(42,31(33,34)35)32(36,37)38)26-12-11-25-22(8-5-16-29(25,26)4)10-9-21-18-23(39)20-24(40)19-21/h7,9-10,17,23-26,39-42H,5-6,8,11-16,18-20H2,1-4H3/b17-7+,21-9-,22-10+/t23?,24-,25?,26-,28-,29+/m1/s1. The predicted octanol–water partition coefficient (Wildman–Crippen LogP) is 7.71. The first kappa shape index (κ1) is 35.1. The highest BCUT2D eigenvalue weighted by atomic mass is 19.4. The summed E-state index contributed by atoms with van der Waals surface area (Å²) in [6, 6.07) is 0. The molecule has 0 aliphatic heterocycles. The fourth-order valence-corrected chi connectivity index (χ4v) is 8.11. The molecule has 0 aromatic carbocycles. The van der Waals surface area contributed by atoms with Gasteiger partial charge in [0.05, 0.1) is 17.8 Å². The Morgan fingerprint density at radius 1 is 0.881 bits per heavy atom. The van der Waals surface area contributed by atoms with Crippen molar-refractivity contribution < 1.29 is 46.8 Å². The maximum absolute atomic E-state index is 13.3. The first-order chi connectivity index (χ1) is 19.1. The molecule has 0 bridgehead atoms. The zero-order chi connectivity index (χ0) is 31.8. The van der Waals surface area contributed by atoms with Crippen molar-refractivity contribution in [1.29, 1.82) is 0 Å². The summed E-state index contributed by atoms with van der Waals surface area (Å²) < 4.78 is 80.1. The minimum Gasteiger partial charge on any atom is -0.393 e. The van der Waals surface area contributed by atoms with Crippen molar-refractivity contribution in [1.82, 2.24) is 0 Å². The van der Waals surface area contributed by atoms with Crippen LogP contribution in [0.15, 0.2) is 35.5 Å². The fraction of sp³-hybridized carbons (Fsp3) is 0.812. The van der Waals surface area contributed by atoms with E-state index in [1.165, 1.54) is 5.57 Å². The lowest BCUT2D eigenvalue weighted by Crippen LogP contribution is -2.55. The smallest absolute Gasteiger partial charge is 0.393 e. The van der Waals surface area contributed by atoms with E-state index in [9.17, 15) is 46.8 Å². The minimum atomic E-state index is -5.91. The zero-order valence-electron chi connectivity index (χ0n) is 25.2. The van der Waals surface area contributed by atoms with E-state index in [1.807, 2.05) is 13.0 Å². The molecule has 3 rings (SSSR count). The number of hydrogen-bond donors (Lipinski definition) is 4. The number of halogens is 6. The van der Waals surface area contributed by atoms with Crippen molar-refractivity contribution in [2.45, 2.75) is 141 Å². The summed E-state index contributed by atoms with van der Waals surface area (Å²) in [6.45, 7) is 7.44. The van der Waals surface area contributed by atoms with Gasteiger partial charge in [0.15, 0.2) is 0 Å². The molecule has 2 unspecified atom stereocenters. The van der Waals surface area contributed by atoms with Crippen LogP contribution in [-0.2, 0) is 0 Å². The number of fused-ring (bicyclic) bond motifs is 1. The molecule has 4 nitrogen and oxygen atoms in total. The van der Waals surface area contributed by atoms with Gasteiger partial charge in [0.1, 0.15) is 0 Å². The molecule has 0 aromatic rings. The van der Waals surface area contributed by atoms with E-state index < -0.39 is 41.2 Å². The van der Waals surface area contributed by atoms with Crippen LogP contribution in [-0.4, -0.2) is 56.2 Å². The Morgan fingerprint density at radius 3 is 2.02 bits per heavy atom. The summed E-state index contributed by atoms with van der Waals surface area (Å²) in [5.41, 5.74) is -4.53. The highest BCUT2D eigenvalue weighted by Gasteiger charge is 2.69. The van der Waals surface area contributed by atoms with E-state index in [2.05, 4.69) is 13.0 Å². The SMILES string of the molecule is CC(C)(O)CCC[C@](C)(C/C=C/C(O)(C(F)(F)F)C(F)(F)F)[C@H]1CCC2/C(=C/C=C3/CC(O)C[C@H](O)C3)CCC[C@@]21C. The molecule has 0 radical (unpaired) electrons. The Morgan fingerprint density at radius 2 is 1.48 bits per heavy atom. The van der Waals surface area contributed by atoms with Crippen LogP contribution in [0.5, 0.6) is 0 Å². The number of aliphatic hydroxyl groups is 4. The van der Waals surface area contributed by atoms with Gasteiger partial charge in [-0.25, -0.2) is 0 Å². The molecule has 4 N–H and O–H groups in total. The predicted molar refractivity (Wildman–Crippen MR) is 149 cm³/mol. The summed E-state index contributed by atoms with van der Waals surface area (Å²) >= 11 is 0. The number of alkyl halides is 6. The van der Waals surface area contributed by atoms with Crippen LogP contribution in [0.1, 0.15) is 105 Å². The molecule has 0 heterocycles. The van der Waals surface area contributed by atoms with Gasteiger partial charge in [-0.2, -0.15) is 26.3 Å². The Hall–Kier alpha value is -1.36. The molecule has 0 aromatic heterocycles. The first-order valence-electron chi connectivity index (χ1n) is 15.1. The van der Waals surface area contributed by atoms with E-state index in [-0.39, 0.29) is 29.7 Å². The van der Waals surface area contributed by atoms with Crippen molar-refractivity contribution >= 4 is 0 Å². The summed E-state index contributed by atoms with van der Waals surface area (Å²) in [5.74, 6) is 0.201. The van der Waals surface area contributed by atoms with Crippen LogP contribution < -0.4 is 0 Å². The summed E-state index contributed by atoms with van der Waals surface area (Å²) in [7, 11) is 0. The average molecular weight is 611 g/mol. The molecule has 0 spiro atoms. The topological polar surface area (TPSA) is 80.9 Å². The highest BCUT2D eigenvalue weighted by Crippen LogP contribution is 2.64. The molecule has 0 amide bonds. The fourth-order valence-electron chi connectivity index (χ4n) is 8.11. The Kier molecular flexibility index (Phi) is 10.5. The highest BCUT2D eigenvalue weighted by molar-refractivity contribution is 5.27. The van der Waals surface area contributed by atoms with Crippen LogP contribution in [0.3, 0.4) is 0 Å². The van der Waals surface area contributed by atoms with Crippen LogP contribution in [0.4, 0.5) is 26.3 Å². The molecule has 3 saturated carbocycles. The molecule has 3 aliphatic carbocycles. The van der Waals surface area contributed by atoms with Crippen LogP contribution in [0, 0.1) is 22.7 Å². The third-order valence-corrected chi connectivity index (χ3v) is 10.2. The maximum Gasteiger partial charge on any atom is 0.429 e. The normalized spacial score (nSPS) is 33.4. The summed E-state index contributed by atoms with van der Waals surface area (Å²) in [5, 5.41) is 40.1. The van der Waals surface area contributed by atoms with E-state index in [1.54, 1.807) is 13.8 Å². The zero-order valence-corrected chi connectivity index (χ0v) is 25.2. The lowest BCUT2D eigenvalue weighted by atomic mass is 9.55. The summed E-state index contributed by atoms with van der Waals surface area (Å²) in [4.78, 5) is 0. The minimum absolute atomic E-state index is 0.000925. The molecule has 10 heteroatoms. The van der Waals surface area contributed by atoms with Crippen LogP contribution in [0.25, 0.3) is 0 Å². The van der Waals surface area contributed by atoms with Crippen molar-refractivity contribution in [3.05, 3.63) is 35.5 Å². The molecule has 3 aliphatic rings. The monoisotopic (exact) mass is 610 g/mol. The number of allylic oxidation sites excluding steroid dienone is 4. The van der Waals surface area contributed by atoms with Gasteiger partial charge in [0, 0.05) is 0 Å². The Bertz CT molecular complexity index is 997. The van der Waals surface area contributed by atoms with E-state index in [0.717, 1.165) is 43.8 Å². The molecule has 42 heavy (non-hydrogen) atoms. The number of rotatable bonds is 9. The third-order valence-electron chi connectivity index (χ3n) is 10.2. The second-order valence-electron chi connectivity index (χ2n) is 14.2. The maximum atomic E-state index is 13.3. The quantitative estimate of drug-likeness (QED) is 0.159. The average Bonchev–Trinajstić information content (AvgIpc) is 3.18. The van der Waals surface area contributed by atoms with E-state index in [0.29, 0.717) is 38.5 Å². The largest absolute Gasteiger partial charge is 0.429 e. The van der Waals surface area contributed by atoms with Gasteiger partial charge < -0.3 is 20.4 Å². The van der Waals surface area contributed by atoms with Crippen LogP contribution in [0.2, 0.25) is 0 Å². The molecule has 3 fully saturated rings. The molecule has 6 atom stereocenters.